The van der Waals surface area contributed by atoms with Crippen LogP contribution in [0.15, 0.2) is 0 Å². The minimum atomic E-state index is -0.889. The molecule has 0 aliphatic carbocycles. The van der Waals surface area contributed by atoms with E-state index < -0.39 is 17.8 Å². The van der Waals surface area contributed by atoms with Crippen LogP contribution in [0.5, 0.6) is 0 Å². The highest BCUT2D eigenvalue weighted by Crippen LogP contribution is 2.07. The Morgan fingerprint density at radius 1 is 1.33 bits per heavy atom. The number of carbonyl (C=O) groups is 2. The van der Waals surface area contributed by atoms with Crippen molar-refractivity contribution in [3.63, 3.8) is 0 Å². The minimum Gasteiger partial charge on any atom is -0.465 e. The fraction of sp³-hybridized carbons (Fsp3) is 0.818. The van der Waals surface area contributed by atoms with Gasteiger partial charge in [-0.25, -0.2) is 9.59 Å². The maximum Gasteiger partial charge on any atom is 0.407 e. The van der Waals surface area contributed by atoms with Gasteiger partial charge in [0.25, 0.3) is 0 Å². The second-order valence-electron chi connectivity index (χ2n) is 5.27. The third-order valence-electron chi connectivity index (χ3n) is 2.38. The summed E-state index contributed by atoms with van der Waals surface area (Å²) in [7, 11) is 0. The molecule has 18 heavy (non-hydrogen) atoms. The summed E-state index contributed by atoms with van der Waals surface area (Å²) in [5.41, 5.74) is -0.493. The van der Waals surface area contributed by atoms with Crippen molar-refractivity contribution in [2.24, 2.45) is 0 Å². The molecule has 1 saturated heterocycles. The number of alkyl carbamates (subject to hydrolysis) is 1. The van der Waals surface area contributed by atoms with Crippen molar-refractivity contribution in [1.82, 2.24) is 15.5 Å². The van der Waals surface area contributed by atoms with E-state index >= 15 is 0 Å². The van der Waals surface area contributed by atoms with Gasteiger partial charge >= 0.3 is 12.2 Å². The van der Waals surface area contributed by atoms with Gasteiger partial charge in [0.15, 0.2) is 0 Å². The van der Waals surface area contributed by atoms with E-state index in [1.54, 1.807) is 20.8 Å². The molecule has 7 heteroatoms. The van der Waals surface area contributed by atoms with Crippen LogP contribution in [-0.2, 0) is 4.74 Å². The Bertz CT molecular complexity index is 308. The molecule has 104 valence electrons. The Morgan fingerprint density at radius 3 is 2.44 bits per heavy atom. The summed E-state index contributed by atoms with van der Waals surface area (Å²) in [6.07, 6.45) is -1.33. The van der Waals surface area contributed by atoms with Crippen molar-refractivity contribution >= 4 is 12.2 Å². The largest absolute Gasteiger partial charge is 0.465 e. The summed E-state index contributed by atoms with van der Waals surface area (Å²) in [6, 6.07) is 0.182. The number of carboxylic acid groups (broad SMARTS) is 1. The quantitative estimate of drug-likeness (QED) is 0.638. The van der Waals surface area contributed by atoms with Crippen molar-refractivity contribution in [2.45, 2.75) is 32.4 Å². The zero-order valence-corrected chi connectivity index (χ0v) is 11.0. The molecule has 0 spiro atoms. The van der Waals surface area contributed by atoms with Crippen LogP contribution in [0.3, 0.4) is 0 Å². The molecule has 0 atom stereocenters. The Hall–Kier alpha value is -1.50. The number of nitrogens with one attached hydrogen (secondary N) is 2. The molecule has 1 heterocycles. The van der Waals surface area contributed by atoms with Crippen LogP contribution in [0.25, 0.3) is 0 Å². The Kier molecular flexibility index (Phi) is 4.77. The lowest BCUT2D eigenvalue weighted by Gasteiger charge is -2.37. The van der Waals surface area contributed by atoms with Crippen LogP contribution in [-0.4, -0.2) is 60.0 Å². The highest BCUT2D eigenvalue weighted by Gasteiger charge is 2.29. The molecule has 0 aromatic heterocycles. The molecular formula is C11H21N3O4. The van der Waals surface area contributed by atoms with Gasteiger partial charge in [-0.2, -0.15) is 0 Å². The maximum atomic E-state index is 11.3. The SMILES string of the molecule is CC(C)(C)OC(=O)NCCNC1CN(C(=O)O)C1. The van der Waals surface area contributed by atoms with E-state index in [0.717, 1.165) is 0 Å². The van der Waals surface area contributed by atoms with E-state index in [-0.39, 0.29) is 6.04 Å². The number of likely N-dealkylation sites (tertiary alicyclic amines) is 1. The molecule has 2 amide bonds. The molecule has 7 nitrogen and oxygen atoms in total. The lowest BCUT2D eigenvalue weighted by molar-refractivity contribution is 0.0526. The lowest BCUT2D eigenvalue weighted by atomic mass is 10.1. The summed E-state index contributed by atoms with van der Waals surface area (Å²) in [5.74, 6) is 0. The summed E-state index contributed by atoms with van der Waals surface area (Å²) in [6.45, 7) is 7.47. The smallest absolute Gasteiger partial charge is 0.407 e. The first-order valence-electron chi connectivity index (χ1n) is 5.96. The van der Waals surface area contributed by atoms with Crippen molar-refractivity contribution in [3.8, 4) is 0 Å². The molecule has 1 rings (SSSR count). The van der Waals surface area contributed by atoms with Crippen LogP contribution in [0.1, 0.15) is 20.8 Å². The molecule has 0 radical (unpaired) electrons. The van der Waals surface area contributed by atoms with Crippen LogP contribution < -0.4 is 10.6 Å². The normalized spacial score (nSPS) is 16.1. The first-order chi connectivity index (χ1) is 8.28. The van der Waals surface area contributed by atoms with Crippen molar-refractivity contribution in [2.75, 3.05) is 26.2 Å². The third-order valence-corrected chi connectivity index (χ3v) is 2.38. The van der Waals surface area contributed by atoms with Gasteiger partial charge in [0.1, 0.15) is 5.60 Å². The summed E-state index contributed by atoms with van der Waals surface area (Å²) < 4.78 is 5.07. The van der Waals surface area contributed by atoms with E-state index in [0.29, 0.717) is 26.2 Å². The predicted molar refractivity (Wildman–Crippen MR) is 65.6 cm³/mol. The Labute approximate surface area is 106 Å². The molecule has 0 aromatic rings. The fourth-order valence-electron chi connectivity index (χ4n) is 1.52. The van der Waals surface area contributed by atoms with Crippen LogP contribution in [0.2, 0.25) is 0 Å². The van der Waals surface area contributed by atoms with Gasteiger partial charge in [-0.1, -0.05) is 0 Å². The summed E-state index contributed by atoms with van der Waals surface area (Å²) in [4.78, 5) is 23.1. The second-order valence-corrected chi connectivity index (χ2v) is 5.27. The maximum absolute atomic E-state index is 11.3. The molecule has 1 aliphatic heterocycles. The highest BCUT2D eigenvalue weighted by molar-refractivity contribution is 5.67. The molecule has 0 saturated carbocycles. The van der Waals surface area contributed by atoms with Crippen molar-refractivity contribution in [3.05, 3.63) is 0 Å². The van der Waals surface area contributed by atoms with Crippen LogP contribution >= 0.6 is 0 Å². The lowest BCUT2D eigenvalue weighted by Crippen LogP contribution is -2.60. The fourth-order valence-corrected chi connectivity index (χ4v) is 1.52. The monoisotopic (exact) mass is 259 g/mol. The van der Waals surface area contributed by atoms with Crippen molar-refractivity contribution < 1.29 is 19.4 Å². The van der Waals surface area contributed by atoms with E-state index in [9.17, 15) is 9.59 Å². The van der Waals surface area contributed by atoms with Gasteiger partial charge < -0.3 is 25.4 Å². The number of carbonyl (C=O) groups excluding carboxylic acids is 1. The van der Waals surface area contributed by atoms with Gasteiger partial charge in [0.2, 0.25) is 0 Å². The van der Waals surface area contributed by atoms with Crippen molar-refractivity contribution in [1.29, 1.82) is 0 Å². The molecule has 0 bridgehead atoms. The number of hydrogen-bond acceptors (Lipinski definition) is 4. The predicted octanol–water partition coefficient (Wildman–Crippen LogP) is 0.463. The van der Waals surface area contributed by atoms with E-state index in [1.807, 2.05) is 0 Å². The van der Waals surface area contributed by atoms with Gasteiger partial charge in [-0.3, -0.25) is 0 Å². The zero-order chi connectivity index (χ0) is 13.8. The van der Waals surface area contributed by atoms with E-state index in [2.05, 4.69) is 10.6 Å². The molecule has 3 N–H and O–H groups in total. The summed E-state index contributed by atoms with van der Waals surface area (Å²) >= 11 is 0. The first kappa shape index (κ1) is 14.6. The Morgan fingerprint density at radius 2 is 1.94 bits per heavy atom. The Balaban J connectivity index is 2.00. The average molecular weight is 259 g/mol. The number of hydrogen-bond donors (Lipinski definition) is 3. The second kappa shape index (κ2) is 5.90. The average Bonchev–Trinajstić information content (AvgIpc) is 2.10. The zero-order valence-electron chi connectivity index (χ0n) is 11.0. The standard InChI is InChI=1S/C11H21N3O4/c1-11(2,3)18-9(15)13-5-4-12-8-6-14(7-8)10(16)17/h8,12H,4-7H2,1-3H3,(H,13,15)(H,16,17). The first-order valence-corrected chi connectivity index (χ1v) is 5.96. The molecule has 0 unspecified atom stereocenters. The molecule has 0 aromatic carbocycles. The van der Waals surface area contributed by atoms with Gasteiger partial charge in [-0.15, -0.1) is 0 Å². The minimum absolute atomic E-state index is 0.182. The van der Waals surface area contributed by atoms with Gasteiger partial charge in [-0.05, 0) is 20.8 Å². The van der Waals surface area contributed by atoms with Gasteiger partial charge in [0, 0.05) is 32.2 Å². The highest BCUT2D eigenvalue weighted by atomic mass is 16.6. The number of rotatable bonds is 4. The van der Waals surface area contributed by atoms with Gasteiger partial charge in [0.05, 0.1) is 0 Å². The topological polar surface area (TPSA) is 90.9 Å². The molecular weight excluding hydrogens is 238 g/mol. The van der Waals surface area contributed by atoms with E-state index in [1.165, 1.54) is 4.90 Å². The van der Waals surface area contributed by atoms with Crippen LogP contribution in [0, 0.1) is 0 Å². The summed E-state index contributed by atoms with van der Waals surface area (Å²) in [5, 5.41) is 14.4. The number of amides is 2. The molecule has 1 aliphatic rings. The third kappa shape index (κ3) is 5.22. The van der Waals surface area contributed by atoms with Crippen LogP contribution in [0.4, 0.5) is 9.59 Å². The van der Waals surface area contributed by atoms with E-state index in [4.69, 9.17) is 9.84 Å². The molecule has 1 fully saturated rings. The number of nitrogens with zero attached hydrogens (tertiary/aromatic N) is 1. The number of ether oxygens (including phenoxy) is 1.